The lowest BCUT2D eigenvalue weighted by Crippen LogP contribution is -2.46. The molecule has 2 bridgehead atoms. The van der Waals surface area contributed by atoms with E-state index in [-0.39, 0.29) is 28.3 Å². The zero-order chi connectivity index (χ0) is 12.4. The second kappa shape index (κ2) is 3.00. The second-order valence-corrected chi connectivity index (χ2v) is 6.54. The Morgan fingerprint density at radius 1 is 1.25 bits per heavy atom. The number of hydrogen-bond acceptors (Lipinski definition) is 2. The van der Waals surface area contributed by atoms with Crippen LogP contribution in [0.15, 0.2) is 0 Å². The summed E-state index contributed by atoms with van der Waals surface area (Å²) < 4.78 is 0. The SMILES string of the molecule is CN(C)C(=O)[C@@]12CC[C@@](C)([C@H](O)C1)C2(C)C. The van der Waals surface area contributed by atoms with Crippen LogP contribution in [-0.4, -0.2) is 36.1 Å². The summed E-state index contributed by atoms with van der Waals surface area (Å²) in [4.78, 5) is 14.1. The average molecular weight is 225 g/mol. The maximum Gasteiger partial charge on any atom is 0.228 e. The molecule has 0 unspecified atom stereocenters. The van der Waals surface area contributed by atoms with Gasteiger partial charge in [-0.2, -0.15) is 0 Å². The minimum Gasteiger partial charge on any atom is -0.393 e. The molecule has 3 heteroatoms. The first-order valence-electron chi connectivity index (χ1n) is 6.09. The van der Waals surface area contributed by atoms with Gasteiger partial charge in [-0.3, -0.25) is 4.79 Å². The van der Waals surface area contributed by atoms with Gasteiger partial charge in [0.1, 0.15) is 0 Å². The Hall–Kier alpha value is -0.570. The van der Waals surface area contributed by atoms with E-state index in [1.165, 1.54) is 0 Å². The maximum absolute atomic E-state index is 12.4. The Morgan fingerprint density at radius 2 is 1.81 bits per heavy atom. The zero-order valence-corrected chi connectivity index (χ0v) is 11.0. The molecule has 0 aromatic rings. The quantitative estimate of drug-likeness (QED) is 0.737. The van der Waals surface area contributed by atoms with Crippen LogP contribution in [0.3, 0.4) is 0 Å². The average Bonchev–Trinajstić information content (AvgIpc) is 2.46. The molecule has 0 saturated heterocycles. The molecule has 2 fully saturated rings. The normalized spacial score (nSPS) is 44.8. The van der Waals surface area contributed by atoms with Crippen molar-refractivity contribution in [2.24, 2.45) is 16.2 Å². The molecule has 0 spiro atoms. The third-order valence-corrected chi connectivity index (χ3v) is 5.79. The van der Waals surface area contributed by atoms with Crippen LogP contribution in [0.5, 0.6) is 0 Å². The van der Waals surface area contributed by atoms with Gasteiger partial charge >= 0.3 is 0 Å². The molecule has 16 heavy (non-hydrogen) atoms. The molecule has 2 aliphatic rings. The Bertz CT molecular complexity index is 337. The molecule has 92 valence electrons. The summed E-state index contributed by atoms with van der Waals surface area (Å²) in [6.07, 6.45) is 2.18. The smallest absolute Gasteiger partial charge is 0.228 e. The van der Waals surface area contributed by atoms with Crippen molar-refractivity contribution >= 4 is 5.91 Å². The number of aliphatic hydroxyl groups is 1. The minimum atomic E-state index is -0.343. The van der Waals surface area contributed by atoms with Crippen molar-refractivity contribution < 1.29 is 9.90 Å². The fourth-order valence-electron chi connectivity index (χ4n) is 4.03. The zero-order valence-electron chi connectivity index (χ0n) is 11.0. The minimum absolute atomic E-state index is 0.0985. The summed E-state index contributed by atoms with van der Waals surface area (Å²) in [6.45, 7) is 6.44. The van der Waals surface area contributed by atoms with Crippen LogP contribution in [0.2, 0.25) is 0 Å². The number of carbonyl (C=O) groups is 1. The highest BCUT2D eigenvalue weighted by Crippen LogP contribution is 2.72. The number of aliphatic hydroxyl groups excluding tert-OH is 1. The van der Waals surface area contributed by atoms with Gasteiger partial charge in [0, 0.05) is 14.1 Å². The van der Waals surface area contributed by atoms with E-state index in [0.29, 0.717) is 6.42 Å². The summed E-state index contributed by atoms with van der Waals surface area (Å²) in [7, 11) is 3.63. The van der Waals surface area contributed by atoms with Crippen LogP contribution in [0, 0.1) is 16.2 Å². The van der Waals surface area contributed by atoms with E-state index in [1.807, 2.05) is 14.1 Å². The molecule has 0 aromatic heterocycles. The fourth-order valence-corrected chi connectivity index (χ4v) is 4.03. The number of hydrogen-bond donors (Lipinski definition) is 1. The summed E-state index contributed by atoms with van der Waals surface area (Å²) in [5.74, 6) is 0.192. The largest absolute Gasteiger partial charge is 0.393 e. The van der Waals surface area contributed by atoms with Crippen molar-refractivity contribution in [1.82, 2.24) is 4.90 Å². The number of fused-ring (bicyclic) bond motifs is 2. The van der Waals surface area contributed by atoms with Gasteiger partial charge in [-0.15, -0.1) is 0 Å². The predicted octanol–water partition coefficient (Wildman–Crippen LogP) is 1.65. The van der Waals surface area contributed by atoms with E-state index in [4.69, 9.17) is 0 Å². The lowest BCUT2D eigenvalue weighted by atomic mass is 9.64. The molecule has 3 atom stereocenters. The summed E-state index contributed by atoms with van der Waals surface area (Å²) in [5, 5.41) is 10.2. The number of rotatable bonds is 1. The van der Waals surface area contributed by atoms with Crippen LogP contribution in [0.4, 0.5) is 0 Å². The lowest BCUT2D eigenvalue weighted by molar-refractivity contribution is -0.144. The summed E-state index contributed by atoms with van der Waals surface area (Å²) in [6, 6.07) is 0. The van der Waals surface area contributed by atoms with E-state index in [9.17, 15) is 9.90 Å². The van der Waals surface area contributed by atoms with E-state index < -0.39 is 0 Å². The van der Waals surface area contributed by atoms with Crippen molar-refractivity contribution in [3.63, 3.8) is 0 Å². The van der Waals surface area contributed by atoms with Crippen molar-refractivity contribution in [3.8, 4) is 0 Å². The highest BCUT2D eigenvalue weighted by atomic mass is 16.3. The second-order valence-electron chi connectivity index (χ2n) is 6.54. The van der Waals surface area contributed by atoms with Gasteiger partial charge in [-0.25, -0.2) is 0 Å². The van der Waals surface area contributed by atoms with Crippen LogP contribution in [0.25, 0.3) is 0 Å². The van der Waals surface area contributed by atoms with Gasteiger partial charge in [0.05, 0.1) is 11.5 Å². The van der Waals surface area contributed by atoms with Gasteiger partial charge in [0.15, 0.2) is 0 Å². The summed E-state index contributed by atoms with van der Waals surface area (Å²) >= 11 is 0. The predicted molar refractivity (Wildman–Crippen MR) is 62.9 cm³/mol. The first kappa shape index (κ1) is 11.9. The Balaban J connectivity index is 2.48. The first-order chi connectivity index (χ1) is 7.19. The molecule has 0 aliphatic heterocycles. The molecular weight excluding hydrogens is 202 g/mol. The van der Waals surface area contributed by atoms with Crippen LogP contribution in [0.1, 0.15) is 40.0 Å². The lowest BCUT2D eigenvalue weighted by Gasteiger charge is -2.41. The van der Waals surface area contributed by atoms with Crippen LogP contribution in [-0.2, 0) is 4.79 Å². The molecule has 0 aromatic carbocycles. The highest BCUT2D eigenvalue weighted by Gasteiger charge is 2.72. The van der Waals surface area contributed by atoms with Crippen molar-refractivity contribution in [2.45, 2.75) is 46.1 Å². The number of nitrogens with zero attached hydrogens (tertiary/aromatic N) is 1. The third-order valence-electron chi connectivity index (χ3n) is 5.79. The van der Waals surface area contributed by atoms with Crippen molar-refractivity contribution in [1.29, 1.82) is 0 Å². The van der Waals surface area contributed by atoms with Crippen LogP contribution >= 0.6 is 0 Å². The Morgan fingerprint density at radius 3 is 2.12 bits per heavy atom. The highest BCUT2D eigenvalue weighted by molar-refractivity contribution is 5.84. The molecular formula is C13H23NO2. The molecule has 2 aliphatic carbocycles. The van der Waals surface area contributed by atoms with E-state index in [0.717, 1.165) is 12.8 Å². The topological polar surface area (TPSA) is 40.5 Å². The first-order valence-corrected chi connectivity index (χ1v) is 6.09. The summed E-state index contributed by atoms with van der Waals surface area (Å²) in [5.41, 5.74) is -0.551. The van der Waals surface area contributed by atoms with Gasteiger partial charge in [-0.05, 0) is 30.1 Å². The standard InChI is InChI=1S/C13H23NO2/c1-11(2)12(3)6-7-13(11,8-9(12)15)10(16)14(4)5/h9,15H,6-8H2,1-5H3/t9-,12+,13-/m1/s1. The van der Waals surface area contributed by atoms with E-state index >= 15 is 0 Å². The number of amides is 1. The van der Waals surface area contributed by atoms with Gasteiger partial charge in [0.2, 0.25) is 5.91 Å². The van der Waals surface area contributed by atoms with E-state index in [2.05, 4.69) is 20.8 Å². The third kappa shape index (κ3) is 1.01. The van der Waals surface area contributed by atoms with E-state index in [1.54, 1.807) is 4.90 Å². The van der Waals surface area contributed by atoms with Crippen molar-refractivity contribution in [2.75, 3.05) is 14.1 Å². The maximum atomic E-state index is 12.4. The fraction of sp³-hybridized carbons (Fsp3) is 0.923. The molecule has 2 saturated carbocycles. The molecule has 3 nitrogen and oxygen atoms in total. The Kier molecular flexibility index (Phi) is 2.24. The van der Waals surface area contributed by atoms with Crippen LogP contribution < -0.4 is 0 Å². The molecule has 0 radical (unpaired) electrons. The number of carbonyl (C=O) groups excluding carboxylic acids is 1. The van der Waals surface area contributed by atoms with Gasteiger partial charge in [-0.1, -0.05) is 20.8 Å². The molecule has 1 N–H and O–H groups in total. The monoisotopic (exact) mass is 225 g/mol. The van der Waals surface area contributed by atoms with Gasteiger partial charge in [0.25, 0.3) is 0 Å². The molecule has 0 heterocycles. The molecule has 1 amide bonds. The van der Waals surface area contributed by atoms with Gasteiger partial charge < -0.3 is 10.0 Å². The Labute approximate surface area is 97.8 Å². The van der Waals surface area contributed by atoms with Crippen molar-refractivity contribution in [3.05, 3.63) is 0 Å². The molecule has 2 rings (SSSR count).